The van der Waals surface area contributed by atoms with Crippen LogP contribution in [0, 0.1) is 0 Å². The molecule has 0 aliphatic carbocycles. The summed E-state index contributed by atoms with van der Waals surface area (Å²) in [5.41, 5.74) is 1.98. The molecule has 5 nitrogen and oxygen atoms in total. The van der Waals surface area contributed by atoms with Crippen LogP contribution in [0.3, 0.4) is 0 Å². The number of rotatable bonds is 6. The Bertz CT molecular complexity index is 848. The molecule has 6 heteroatoms. The molecule has 0 saturated carbocycles. The zero-order valence-corrected chi connectivity index (χ0v) is 17.2. The van der Waals surface area contributed by atoms with Crippen molar-refractivity contribution in [1.82, 2.24) is 9.80 Å². The second-order valence-electron chi connectivity index (χ2n) is 7.73. The van der Waals surface area contributed by atoms with Crippen molar-refractivity contribution in [3.8, 4) is 0 Å². The van der Waals surface area contributed by atoms with Gasteiger partial charge in [-0.1, -0.05) is 41.9 Å². The molecule has 4 rings (SSSR count). The summed E-state index contributed by atoms with van der Waals surface area (Å²) in [6.45, 7) is 4.59. The van der Waals surface area contributed by atoms with Crippen LogP contribution in [-0.4, -0.2) is 60.4 Å². The molecule has 0 unspecified atom stereocenters. The molecular formula is C23H26ClN3O2. The van der Waals surface area contributed by atoms with E-state index in [9.17, 15) is 9.59 Å². The highest BCUT2D eigenvalue weighted by Gasteiger charge is 2.43. The number of carbonyl (C=O) groups is 2. The van der Waals surface area contributed by atoms with Gasteiger partial charge >= 0.3 is 0 Å². The molecule has 152 valence electrons. The molecule has 0 spiro atoms. The van der Waals surface area contributed by atoms with Crippen LogP contribution >= 0.6 is 11.6 Å². The van der Waals surface area contributed by atoms with E-state index in [4.69, 9.17) is 11.6 Å². The van der Waals surface area contributed by atoms with Crippen LogP contribution in [0.15, 0.2) is 54.6 Å². The first-order valence-corrected chi connectivity index (χ1v) is 10.6. The monoisotopic (exact) mass is 411 g/mol. The molecule has 2 aromatic rings. The number of aryl methyl sites for hydroxylation is 1. The molecular weight excluding hydrogens is 386 g/mol. The number of nitrogens with zero attached hydrogens (tertiary/aromatic N) is 3. The molecule has 2 aromatic carbocycles. The van der Waals surface area contributed by atoms with E-state index in [2.05, 4.69) is 34.1 Å². The Morgan fingerprint density at radius 3 is 2.28 bits per heavy atom. The topological polar surface area (TPSA) is 43.9 Å². The van der Waals surface area contributed by atoms with Gasteiger partial charge in [-0.15, -0.1) is 0 Å². The Balaban J connectivity index is 1.28. The molecule has 2 heterocycles. The largest absolute Gasteiger partial charge is 0.301 e. The molecule has 2 fully saturated rings. The summed E-state index contributed by atoms with van der Waals surface area (Å²) in [4.78, 5) is 31.4. The molecule has 2 amide bonds. The van der Waals surface area contributed by atoms with E-state index in [1.54, 1.807) is 24.3 Å². The van der Waals surface area contributed by atoms with Gasteiger partial charge in [0.1, 0.15) is 0 Å². The molecule has 0 bridgehead atoms. The number of halogens is 1. The van der Waals surface area contributed by atoms with Crippen LogP contribution in [0.25, 0.3) is 0 Å². The fourth-order valence-electron chi connectivity index (χ4n) is 4.21. The van der Waals surface area contributed by atoms with E-state index in [-0.39, 0.29) is 24.3 Å². The van der Waals surface area contributed by atoms with Crippen molar-refractivity contribution >= 4 is 29.1 Å². The molecule has 0 N–H and O–H groups in total. The normalized spacial score (nSPS) is 21.1. The molecule has 0 aromatic heterocycles. The highest BCUT2D eigenvalue weighted by molar-refractivity contribution is 6.30. The number of carbonyl (C=O) groups excluding carboxylic acids is 2. The zero-order chi connectivity index (χ0) is 20.2. The van der Waals surface area contributed by atoms with Crippen molar-refractivity contribution in [2.45, 2.75) is 25.3 Å². The summed E-state index contributed by atoms with van der Waals surface area (Å²) in [7, 11) is 0. The van der Waals surface area contributed by atoms with Crippen LogP contribution < -0.4 is 4.90 Å². The van der Waals surface area contributed by atoms with E-state index in [1.165, 1.54) is 10.5 Å². The van der Waals surface area contributed by atoms with Crippen LogP contribution in [0.4, 0.5) is 5.69 Å². The lowest BCUT2D eigenvalue weighted by atomic mass is 10.1. The lowest BCUT2D eigenvalue weighted by Gasteiger charge is -2.37. The standard InChI is InChI=1S/C23H26ClN3O2/c24-19-8-10-20(11-9-19)27-22(28)17-21(23(27)29)26-15-13-25(14-16-26)12-4-7-18-5-2-1-3-6-18/h1-3,5-6,8-11,21H,4,7,12-17H2/t21-/m1/s1. The van der Waals surface area contributed by atoms with Gasteiger partial charge in [0.05, 0.1) is 18.2 Å². The SMILES string of the molecule is O=C1C[C@@H](N2CCN(CCCc3ccccc3)CC2)C(=O)N1c1ccc(Cl)cc1. The summed E-state index contributed by atoms with van der Waals surface area (Å²) < 4.78 is 0. The van der Waals surface area contributed by atoms with Crippen molar-refractivity contribution in [1.29, 1.82) is 0 Å². The van der Waals surface area contributed by atoms with E-state index in [1.807, 2.05) is 6.07 Å². The van der Waals surface area contributed by atoms with Crippen molar-refractivity contribution in [3.05, 3.63) is 65.2 Å². The summed E-state index contributed by atoms with van der Waals surface area (Å²) >= 11 is 5.92. The number of amides is 2. The highest BCUT2D eigenvalue weighted by atomic mass is 35.5. The van der Waals surface area contributed by atoms with Crippen LogP contribution in [-0.2, 0) is 16.0 Å². The third-order valence-electron chi connectivity index (χ3n) is 5.84. The summed E-state index contributed by atoms with van der Waals surface area (Å²) in [5, 5.41) is 0.591. The Hall–Kier alpha value is -2.21. The van der Waals surface area contributed by atoms with E-state index >= 15 is 0 Å². The van der Waals surface area contributed by atoms with Gasteiger partial charge in [0.15, 0.2) is 0 Å². The lowest BCUT2D eigenvalue weighted by Crippen LogP contribution is -2.52. The third kappa shape index (κ3) is 4.69. The number of hydrogen-bond acceptors (Lipinski definition) is 4. The third-order valence-corrected chi connectivity index (χ3v) is 6.09. The maximum atomic E-state index is 12.9. The van der Waals surface area contributed by atoms with E-state index in [0.29, 0.717) is 10.7 Å². The zero-order valence-electron chi connectivity index (χ0n) is 16.5. The van der Waals surface area contributed by atoms with Crippen molar-refractivity contribution in [2.75, 3.05) is 37.6 Å². The van der Waals surface area contributed by atoms with Gasteiger partial charge in [-0.05, 0) is 49.2 Å². The predicted molar refractivity (Wildman–Crippen MR) is 115 cm³/mol. The minimum Gasteiger partial charge on any atom is -0.301 e. The second kappa shape index (κ2) is 9.08. The second-order valence-corrected chi connectivity index (χ2v) is 8.17. The fourth-order valence-corrected chi connectivity index (χ4v) is 4.34. The quantitative estimate of drug-likeness (QED) is 0.684. The maximum Gasteiger partial charge on any atom is 0.251 e. The number of benzene rings is 2. The van der Waals surface area contributed by atoms with Crippen molar-refractivity contribution in [2.24, 2.45) is 0 Å². The average molecular weight is 412 g/mol. The van der Waals surface area contributed by atoms with Crippen molar-refractivity contribution in [3.63, 3.8) is 0 Å². The smallest absolute Gasteiger partial charge is 0.251 e. The minimum atomic E-state index is -0.343. The minimum absolute atomic E-state index is 0.116. The van der Waals surface area contributed by atoms with E-state index in [0.717, 1.165) is 45.6 Å². The Morgan fingerprint density at radius 2 is 1.59 bits per heavy atom. The Labute approximate surface area is 176 Å². The molecule has 2 aliphatic heterocycles. The van der Waals surface area contributed by atoms with Crippen LogP contribution in [0.2, 0.25) is 5.02 Å². The maximum absolute atomic E-state index is 12.9. The summed E-state index contributed by atoms with van der Waals surface area (Å²) in [6, 6.07) is 17.1. The van der Waals surface area contributed by atoms with Crippen LogP contribution in [0.1, 0.15) is 18.4 Å². The Morgan fingerprint density at radius 1 is 0.897 bits per heavy atom. The molecule has 1 atom stereocenters. The number of imide groups is 1. The van der Waals surface area contributed by atoms with Gasteiger partial charge in [-0.2, -0.15) is 0 Å². The molecule has 29 heavy (non-hydrogen) atoms. The molecule has 0 radical (unpaired) electrons. The fraction of sp³-hybridized carbons (Fsp3) is 0.391. The lowest BCUT2D eigenvalue weighted by molar-refractivity contribution is -0.123. The van der Waals surface area contributed by atoms with Gasteiger partial charge in [0.2, 0.25) is 5.91 Å². The number of piperazine rings is 1. The van der Waals surface area contributed by atoms with Gasteiger partial charge in [-0.3, -0.25) is 14.5 Å². The Kier molecular flexibility index (Phi) is 6.28. The average Bonchev–Trinajstić information content (AvgIpc) is 3.04. The first-order chi connectivity index (χ1) is 14.1. The first kappa shape index (κ1) is 20.1. The molecule has 2 saturated heterocycles. The first-order valence-electron chi connectivity index (χ1n) is 10.2. The predicted octanol–water partition coefficient (Wildman–Crippen LogP) is 3.22. The highest BCUT2D eigenvalue weighted by Crippen LogP contribution is 2.27. The van der Waals surface area contributed by atoms with E-state index < -0.39 is 0 Å². The van der Waals surface area contributed by atoms with Crippen LogP contribution in [0.5, 0.6) is 0 Å². The van der Waals surface area contributed by atoms with Gasteiger partial charge in [-0.25, -0.2) is 4.90 Å². The summed E-state index contributed by atoms with van der Waals surface area (Å²) in [6.07, 6.45) is 2.48. The van der Waals surface area contributed by atoms with Gasteiger partial charge in [0.25, 0.3) is 5.91 Å². The van der Waals surface area contributed by atoms with Gasteiger partial charge < -0.3 is 4.90 Å². The number of hydrogen-bond donors (Lipinski definition) is 0. The molecule has 2 aliphatic rings. The van der Waals surface area contributed by atoms with Gasteiger partial charge in [0, 0.05) is 31.2 Å². The van der Waals surface area contributed by atoms with Crippen molar-refractivity contribution < 1.29 is 9.59 Å². The summed E-state index contributed by atoms with van der Waals surface area (Å²) in [5.74, 6) is -0.248. The number of anilines is 1.